The molecule has 19 heteroatoms. The highest BCUT2D eigenvalue weighted by Gasteiger charge is 2.30. The summed E-state index contributed by atoms with van der Waals surface area (Å²) in [5.41, 5.74) is 0. The highest BCUT2D eigenvalue weighted by Crippen LogP contribution is 2.45. The lowest BCUT2D eigenvalue weighted by Gasteiger charge is -2.21. The van der Waals surface area contributed by atoms with E-state index in [1.165, 1.54) is 64.2 Å². The standard InChI is InChI=1S/C91H148O17P2/c1-5-9-13-17-21-25-29-33-37-40-42-45-48-51-55-59-63-67-71-75-88(93)101-81-86(107-90(95)77-73-69-65-61-57-53-47-36-32-28-24-20-16-12-8-4)83-105-109(97,98)103-79-85(92)80-104-110(99,100)106-84-87(108-91(96)78-74-70-66-62-58-54-50-44-39-35-31-27-23-19-15-11-7-3)82-102-89(94)76-72-68-64-60-56-52-49-46-43-41-38-34-30-26-22-18-14-10-6-2/h9-11,13-15,21-23,25-27,33-35,37-39,42-43,45-46,50-52,54-56,62,66,85-87,92H,5-8,12,16-20,24,28-32,36,40-41,44,47-49,53,57-61,63-65,67-84H2,1-4H3,(H,97,98)(H,99,100)/b13-9-,14-10-,15-11-,25-21-,26-22-,27-23-,37-33-,38-34-,39-35-,45-42-,46-43-,54-50-,55-51-,56-52-,66-62-. The summed E-state index contributed by atoms with van der Waals surface area (Å²) in [6.07, 6.45) is 98.7. The van der Waals surface area contributed by atoms with E-state index in [1.54, 1.807) is 0 Å². The normalized spacial score (nSPS) is 14.7. The van der Waals surface area contributed by atoms with Crippen molar-refractivity contribution in [3.8, 4) is 0 Å². The van der Waals surface area contributed by atoms with E-state index in [1.807, 2.05) is 12.2 Å². The number of ether oxygens (including phenoxy) is 4. The first kappa shape index (κ1) is 104. The van der Waals surface area contributed by atoms with Crippen molar-refractivity contribution in [1.82, 2.24) is 0 Å². The first-order valence-corrected chi connectivity index (χ1v) is 45.0. The number of aliphatic hydroxyl groups excluding tert-OH is 1. The number of esters is 4. The van der Waals surface area contributed by atoms with E-state index >= 15 is 0 Å². The van der Waals surface area contributed by atoms with Crippen molar-refractivity contribution < 1.29 is 80.2 Å². The van der Waals surface area contributed by atoms with Gasteiger partial charge in [-0.25, -0.2) is 9.13 Å². The van der Waals surface area contributed by atoms with Crippen LogP contribution in [0.4, 0.5) is 0 Å². The molecule has 0 aromatic rings. The van der Waals surface area contributed by atoms with Gasteiger partial charge in [0.25, 0.3) is 0 Å². The van der Waals surface area contributed by atoms with Crippen LogP contribution >= 0.6 is 15.6 Å². The third-order valence-corrected chi connectivity index (χ3v) is 18.8. The zero-order chi connectivity index (χ0) is 80.3. The Morgan fingerprint density at radius 3 is 0.764 bits per heavy atom. The molecule has 0 saturated carbocycles. The molecule has 110 heavy (non-hydrogen) atoms. The number of allylic oxidation sites excluding steroid dienone is 30. The summed E-state index contributed by atoms with van der Waals surface area (Å²) in [6, 6.07) is 0. The molecule has 0 rings (SSSR count). The Hall–Kier alpha value is -5.84. The SMILES string of the molecule is CC/C=C\C/C=C\C/C=C\C/C=C\C/C=C\CCCCCC(=O)OCC(COP(=O)(O)OCC(O)COP(=O)(O)OCC(COC(=O)CCCCC/C=C\C/C=C\C/C=C\C/C=C\C/C=C\CC)OC(=O)CCCCCCCCCCCCCCCCC)OC(=O)CCC/C=C\C/C=C\C/C=C\C/C=C\C/C=C\CC. The quantitative estimate of drug-likeness (QED) is 0.0169. The number of phosphoric acid groups is 2. The van der Waals surface area contributed by atoms with Crippen LogP contribution in [0, 0.1) is 0 Å². The fourth-order valence-corrected chi connectivity index (χ4v) is 12.2. The van der Waals surface area contributed by atoms with Crippen molar-refractivity contribution in [2.24, 2.45) is 0 Å². The molecule has 5 unspecified atom stereocenters. The van der Waals surface area contributed by atoms with Gasteiger partial charge in [-0.2, -0.15) is 0 Å². The lowest BCUT2D eigenvalue weighted by Crippen LogP contribution is -2.30. The number of rotatable bonds is 77. The van der Waals surface area contributed by atoms with Gasteiger partial charge in [-0.05, 0) is 154 Å². The van der Waals surface area contributed by atoms with Gasteiger partial charge in [-0.15, -0.1) is 0 Å². The summed E-state index contributed by atoms with van der Waals surface area (Å²) >= 11 is 0. The van der Waals surface area contributed by atoms with Crippen LogP contribution in [-0.2, 0) is 65.4 Å². The maximum absolute atomic E-state index is 13.1. The smallest absolute Gasteiger partial charge is 0.462 e. The predicted octanol–water partition coefficient (Wildman–Crippen LogP) is 25.1. The van der Waals surface area contributed by atoms with Crippen LogP contribution in [0.5, 0.6) is 0 Å². The van der Waals surface area contributed by atoms with Gasteiger partial charge >= 0.3 is 39.5 Å². The minimum Gasteiger partial charge on any atom is -0.462 e. The molecule has 3 N–H and O–H groups in total. The Morgan fingerprint density at radius 1 is 0.264 bits per heavy atom. The van der Waals surface area contributed by atoms with Crippen LogP contribution < -0.4 is 0 Å². The number of aliphatic hydroxyl groups is 1. The predicted molar refractivity (Wildman–Crippen MR) is 454 cm³/mol. The maximum Gasteiger partial charge on any atom is 0.472 e. The molecular weight excluding hydrogens is 1430 g/mol. The summed E-state index contributed by atoms with van der Waals surface area (Å²) in [6.45, 7) is 4.40. The molecule has 0 aliphatic rings. The Balaban J connectivity index is 5.50. The number of unbranched alkanes of at least 4 members (excludes halogenated alkanes) is 21. The van der Waals surface area contributed by atoms with Crippen LogP contribution in [0.15, 0.2) is 182 Å². The molecule has 0 fully saturated rings. The summed E-state index contributed by atoms with van der Waals surface area (Å²) in [7, 11) is -10.0. The Labute approximate surface area is 666 Å². The second-order valence-electron chi connectivity index (χ2n) is 27.3. The topological polar surface area (TPSA) is 237 Å². The van der Waals surface area contributed by atoms with E-state index < -0.39 is 97.5 Å². The van der Waals surface area contributed by atoms with Crippen molar-refractivity contribution in [2.45, 2.75) is 329 Å². The van der Waals surface area contributed by atoms with Crippen molar-refractivity contribution in [3.05, 3.63) is 182 Å². The average Bonchev–Trinajstić information content (AvgIpc) is 0.906. The molecule has 0 bridgehead atoms. The molecule has 5 atom stereocenters. The van der Waals surface area contributed by atoms with Crippen LogP contribution in [0.25, 0.3) is 0 Å². The molecule has 0 aliphatic heterocycles. The first-order valence-electron chi connectivity index (χ1n) is 42.0. The van der Waals surface area contributed by atoms with E-state index in [-0.39, 0.29) is 25.7 Å². The maximum atomic E-state index is 13.1. The van der Waals surface area contributed by atoms with Crippen molar-refractivity contribution in [2.75, 3.05) is 39.6 Å². The first-order chi connectivity index (χ1) is 53.7. The van der Waals surface area contributed by atoms with Gasteiger partial charge in [0.1, 0.15) is 19.3 Å². The number of hydrogen-bond donors (Lipinski definition) is 3. The average molecular weight is 1580 g/mol. The number of phosphoric ester groups is 2. The van der Waals surface area contributed by atoms with E-state index in [0.29, 0.717) is 32.1 Å². The monoisotopic (exact) mass is 1580 g/mol. The fraction of sp³-hybridized carbons (Fsp3) is 0.626. The highest BCUT2D eigenvalue weighted by molar-refractivity contribution is 7.47. The van der Waals surface area contributed by atoms with Gasteiger partial charge in [0.2, 0.25) is 0 Å². The minimum atomic E-state index is -5.01. The van der Waals surface area contributed by atoms with E-state index in [9.17, 15) is 43.2 Å². The molecule has 0 spiro atoms. The zero-order valence-corrected chi connectivity index (χ0v) is 70.1. The number of carbonyl (C=O) groups is 4. The molecule has 0 aromatic heterocycles. The van der Waals surface area contributed by atoms with Crippen LogP contribution in [0.3, 0.4) is 0 Å². The molecule has 17 nitrogen and oxygen atoms in total. The third-order valence-electron chi connectivity index (χ3n) is 16.9. The Morgan fingerprint density at radius 2 is 0.482 bits per heavy atom. The summed E-state index contributed by atoms with van der Waals surface area (Å²) in [5.74, 6) is -2.32. The molecule has 0 radical (unpaired) electrons. The second kappa shape index (κ2) is 81.2. The van der Waals surface area contributed by atoms with Crippen LogP contribution in [0.2, 0.25) is 0 Å². The van der Waals surface area contributed by atoms with E-state index in [4.69, 9.17) is 37.0 Å². The summed E-state index contributed by atoms with van der Waals surface area (Å²) in [5, 5.41) is 10.7. The van der Waals surface area contributed by atoms with Crippen LogP contribution in [-0.4, -0.2) is 96.7 Å². The molecule has 0 saturated heterocycles. The van der Waals surface area contributed by atoms with Gasteiger partial charge in [0.05, 0.1) is 26.4 Å². The van der Waals surface area contributed by atoms with Gasteiger partial charge in [0, 0.05) is 25.7 Å². The van der Waals surface area contributed by atoms with Gasteiger partial charge in [0.15, 0.2) is 12.2 Å². The zero-order valence-electron chi connectivity index (χ0n) is 68.4. The molecule has 0 amide bonds. The minimum absolute atomic E-state index is 0.00169. The number of hydrogen-bond acceptors (Lipinski definition) is 15. The Kier molecular flexibility index (Phi) is 76.9. The lowest BCUT2D eigenvalue weighted by molar-refractivity contribution is -0.161. The van der Waals surface area contributed by atoms with Crippen molar-refractivity contribution in [3.63, 3.8) is 0 Å². The van der Waals surface area contributed by atoms with Crippen molar-refractivity contribution in [1.29, 1.82) is 0 Å². The molecule has 0 heterocycles. The second-order valence-corrected chi connectivity index (χ2v) is 30.2. The summed E-state index contributed by atoms with van der Waals surface area (Å²) < 4.78 is 68.7. The molecule has 624 valence electrons. The van der Waals surface area contributed by atoms with E-state index in [2.05, 4.69) is 198 Å². The van der Waals surface area contributed by atoms with Crippen molar-refractivity contribution >= 4 is 39.5 Å². The molecule has 0 aromatic carbocycles. The summed E-state index contributed by atoms with van der Waals surface area (Å²) in [4.78, 5) is 73.2. The van der Waals surface area contributed by atoms with Gasteiger partial charge in [-0.1, -0.05) is 313 Å². The van der Waals surface area contributed by atoms with Gasteiger partial charge in [-0.3, -0.25) is 37.3 Å². The largest absolute Gasteiger partial charge is 0.472 e. The molecule has 0 aliphatic carbocycles. The van der Waals surface area contributed by atoms with Crippen LogP contribution in [0.1, 0.15) is 310 Å². The molecular formula is C91H148O17P2. The fourth-order valence-electron chi connectivity index (χ4n) is 10.6. The Bertz CT molecular complexity index is 2800. The highest BCUT2D eigenvalue weighted by atomic mass is 31.2. The lowest BCUT2D eigenvalue weighted by atomic mass is 10.0. The number of carbonyl (C=O) groups excluding carboxylic acids is 4. The van der Waals surface area contributed by atoms with Gasteiger partial charge < -0.3 is 33.8 Å². The third kappa shape index (κ3) is 80.2. The van der Waals surface area contributed by atoms with E-state index in [0.717, 1.165) is 161 Å².